The molecule has 0 aromatic heterocycles. The molecule has 0 atom stereocenters. The van der Waals surface area contributed by atoms with Gasteiger partial charge in [0.2, 0.25) is 0 Å². The third-order valence-corrected chi connectivity index (χ3v) is 2.53. The minimum atomic E-state index is -0.183. The molecule has 0 unspecified atom stereocenters. The molecule has 0 heterocycles. The highest BCUT2D eigenvalue weighted by atomic mass is 19.1. The van der Waals surface area contributed by atoms with Crippen molar-refractivity contribution >= 4 is 0 Å². The van der Waals surface area contributed by atoms with Gasteiger partial charge in [-0.25, -0.2) is 4.39 Å². The molecule has 0 N–H and O–H groups in total. The smallest absolute Gasteiger partial charge is 0.123 e. The van der Waals surface area contributed by atoms with Gasteiger partial charge in [-0.2, -0.15) is 0 Å². The van der Waals surface area contributed by atoms with E-state index in [9.17, 15) is 4.39 Å². The Labute approximate surface area is 89.4 Å². The molecule has 0 spiro atoms. The van der Waals surface area contributed by atoms with Gasteiger partial charge >= 0.3 is 0 Å². The Kier molecular flexibility index (Phi) is 2.55. The van der Waals surface area contributed by atoms with E-state index in [1.807, 2.05) is 38.1 Å². The fourth-order valence-corrected chi connectivity index (χ4v) is 1.72. The van der Waals surface area contributed by atoms with Gasteiger partial charge in [0, 0.05) is 0 Å². The summed E-state index contributed by atoms with van der Waals surface area (Å²) in [4.78, 5) is 0. The van der Waals surface area contributed by atoms with Gasteiger partial charge in [-0.15, -0.1) is 0 Å². The topological polar surface area (TPSA) is 0 Å². The Bertz CT molecular complexity index is 486. The van der Waals surface area contributed by atoms with Crippen molar-refractivity contribution in [3.8, 4) is 11.1 Å². The quantitative estimate of drug-likeness (QED) is 0.649. The second kappa shape index (κ2) is 3.85. The van der Waals surface area contributed by atoms with Crippen LogP contribution in [0, 0.1) is 19.7 Å². The van der Waals surface area contributed by atoms with E-state index < -0.39 is 0 Å². The molecule has 0 aliphatic heterocycles. The molecule has 0 aliphatic rings. The summed E-state index contributed by atoms with van der Waals surface area (Å²) in [6, 6.07) is 13.0. The summed E-state index contributed by atoms with van der Waals surface area (Å²) in [5, 5.41) is 0. The van der Waals surface area contributed by atoms with Crippen molar-refractivity contribution < 1.29 is 4.39 Å². The first-order chi connectivity index (χ1) is 7.16. The molecule has 76 valence electrons. The number of halogens is 1. The average molecular weight is 200 g/mol. The van der Waals surface area contributed by atoms with Crippen molar-refractivity contribution in [3.63, 3.8) is 0 Å². The van der Waals surface area contributed by atoms with Gasteiger partial charge in [0.15, 0.2) is 0 Å². The Balaban J connectivity index is 2.58. The lowest BCUT2D eigenvalue weighted by atomic mass is 9.99. The van der Waals surface area contributed by atoms with Crippen LogP contribution < -0.4 is 0 Å². The van der Waals surface area contributed by atoms with Crippen LogP contribution in [-0.4, -0.2) is 0 Å². The third kappa shape index (κ3) is 2.07. The zero-order valence-corrected chi connectivity index (χ0v) is 8.92. The first-order valence-corrected chi connectivity index (χ1v) is 5.00. The van der Waals surface area contributed by atoms with E-state index in [2.05, 4.69) is 6.07 Å². The Morgan fingerprint density at radius 2 is 1.73 bits per heavy atom. The zero-order chi connectivity index (χ0) is 10.8. The lowest BCUT2D eigenvalue weighted by Crippen LogP contribution is -1.85. The minimum Gasteiger partial charge on any atom is -0.207 e. The van der Waals surface area contributed by atoms with Gasteiger partial charge in [0.25, 0.3) is 0 Å². The van der Waals surface area contributed by atoms with Gasteiger partial charge in [-0.1, -0.05) is 35.9 Å². The third-order valence-electron chi connectivity index (χ3n) is 2.53. The van der Waals surface area contributed by atoms with E-state index in [0.29, 0.717) is 0 Å². The number of benzene rings is 2. The molecule has 0 saturated carbocycles. The largest absolute Gasteiger partial charge is 0.207 e. The molecule has 0 amide bonds. The van der Waals surface area contributed by atoms with Crippen molar-refractivity contribution in [3.05, 3.63) is 59.4 Å². The minimum absolute atomic E-state index is 0.183. The van der Waals surface area contributed by atoms with Gasteiger partial charge < -0.3 is 0 Å². The fourth-order valence-electron chi connectivity index (χ4n) is 1.72. The number of rotatable bonds is 1. The van der Waals surface area contributed by atoms with Crippen LogP contribution in [0.2, 0.25) is 0 Å². The molecule has 15 heavy (non-hydrogen) atoms. The normalized spacial score (nSPS) is 10.3. The number of hydrogen-bond donors (Lipinski definition) is 0. The Morgan fingerprint density at radius 3 is 2.47 bits per heavy atom. The van der Waals surface area contributed by atoms with Gasteiger partial charge in [-0.05, 0) is 42.7 Å². The van der Waals surface area contributed by atoms with E-state index in [1.54, 1.807) is 6.07 Å². The number of hydrogen-bond acceptors (Lipinski definition) is 0. The van der Waals surface area contributed by atoms with Crippen molar-refractivity contribution in [1.82, 2.24) is 0 Å². The van der Waals surface area contributed by atoms with Crippen LogP contribution in [-0.2, 0) is 0 Å². The van der Waals surface area contributed by atoms with Gasteiger partial charge in [-0.3, -0.25) is 0 Å². The highest BCUT2D eigenvalue weighted by Crippen LogP contribution is 2.24. The summed E-state index contributed by atoms with van der Waals surface area (Å²) in [5.74, 6) is -0.183. The fraction of sp³-hybridized carbons (Fsp3) is 0.143. The average Bonchev–Trinajstić information content (AvgIpc) is 2.22. The molecule has 0 radical (unpaired) electrons. The number of aryl methyl sites for hydroxylation is 2. The summed E-state index contributed by atoms with van der Waals surface area (Å²) < 4.78 is 13.1. The van der Waals surface area contributed by atoms with Crippen LogP contribution >= 0.6 is 0 Å². The molecule has 0 saturated heterocycles. The van der Waals surface area contributed by atoms with Crippen LogP contribution in [0.1, 0.15) is 11.1 Å². The molecule has 1 heteroatoms. The molecule has 0 fully saturated rings. The summed E-state index contributed by atoms with van der Waals surface area (Å²) in [5.41, 5.74) is 4.34. The van der Waals surface area contributed by atoms with Crippen molar-refractivity contribution in [1.29, 1.82) is 0 Å². The lowest BCUT2D eigenvalue weighted by Gasteiger charge is -2.06. The maximum absolute atomic E-state index is 13.1. The SMILES string of the molecule is Cc1cccc(-c2cc(F)ccc2C)c1. The Hall–Kier alpha value is -1.63. The summed E-state index contributed by atoms with van der Waals surface area (Å²) >= 11 is 0. The maximum Gasteiger partial charge on any atom is 0.123 e. The predicted molar refractivity (Wildman–Crippen MR) is 61.3 cm³/mol. The second-order valence-electron chi connectivity index (χ2n) is 3.83. The molecule has 2 aromatic rings. The van der Waals surface area contributed by atoms with Crippen LogP contribution in [0.5, 0.6) is 0 Å². The molecule has 2 rings (SSSR count). The molecular formula is C14H13F. The highest BCUT2D eigenvalue weighted by molar-refractivity contribution is 5.67. The molecule has 0 nitrogen and oxygen atoms in total. The summed E-state index contributed by atoms with van der Waals surface area (Å²) in [6.07, 6.45) is 0. The molecule has 0 bridgehead atoms. The summed E-state index contributed by atoms with van der Waals surface area (Å²) in [7, 11) is 0. The van der Waals surface area contributed by atoms with E-state index in [0.717, 1.165) is 16.7 Å². The Morgan fingerprint density at radius 1 is 0.933 bits per heavy atom. The van der Waals surface area contributed by atoms with E-state index in [4.69, 9.17) is 0 Å². The molecule has 0 aliphatic carbocycles. The van der Waals surface area contributed by atoms with E-state index in [-0.39, 0.29) is 5.82 Å². The molecule has 2 aromatic carbocycles. The van der Waals surface area contributed by atoms with Crippen molar-refractivity contribution in [2.24, 2.45) is 0 Å². The predicted octanol–water partition coefficient (Wildman–Crippen LogP) is 4.11. The van der Waals surface area contributed by atoms with Crippen LogP contribution in [0.15, 0.2) is 42.5 Å². The van der Waals surface area contributed by atoms with Crippen LogP contribution in [0.25, 0.3) is 11.1 Å². The zero-order valence-electron chi connectivity index (χ0n) is 8.92. The van der Waals surface area contributed by atoms with Crippen LogP contribution in [0.4, 0.5) is 4.39 Å². The van der Waals surface area contributed by atoms with Gasteiger partial charge in [0.05, 0.1) is 0 Å². The van der Waals surface area contributed by atoms with E-state index >= 15 is 0 Å². The second-order valence-corrected chi connectivity index (χ2v) is 3.83. The lowest BCUT2D eigenvalue weighted by molar-refractivity contribution is 0.628. The highest BCUT2D eigenvalue weighted by Gasteiger charge is 2.03. The maximum atomic E-state index is 13.1. The van der Waals surface area contributed by atoms with E-state index in [1.165, 1.54) is 11.6 Å². The standard InChI is InChI=1S/C14H13F/c1-10-4-3-5-12(8-10)14-9-13(15)7-6-11(14)2/h3-9H,1-2H3. The van der Waals surface area contributed by atoms with Crippen molar-refractivity contribution in [2.45, 2.75) is 13.8 Å². The first kappa shape index (κ1) is 9.91. The monoisotopic (exact) mass is 200 g/mol. The van der Waals surface area contributed by atoms with Crippen molar-refractivity contribution in [2.75, 3.05) is 0 Å². The van der Waals surface area contributed by atoms with Gasteiger partial charge in [0.1, 0.15) is 5.82 Å². The first-order valence-electron chi connectivity index (χ1n) is 5.00. The summed E-state index contributed by atoms with van der Waals surface area (Å²) in [6.45, 7) is 4.04. The van der Waals surface area contributed by atoms with Crippen LogP contribution in [0.3, 0.4) is 0 Å². The molecular weight excluding hydrogens is 187 g/mol.